The molecule has 12 heavy (non-hydrogen) atoms. The molecule has 0 unspecified atom stereocenters. The van der Waals surface area contributed by atoms with E-state index in [9.17, 15) is 4.79 Å². The van der Waals surface area contributed by atoms with E-state index in [0.29, 0.717) is 18.0 Å². The minimum atomic E-state index is -0.135. The zero-order valence-electron chi connectivity index (χ0n) is 6.46. The Balaban J connectivity index is 2.54. The molecular weight excluding hydrogens is 176 g/mol. The Kier molecular flexibility index (Phi) is 3.54. The van der Waals surface area contributed by atoms with Gasteiger partial charge in [0.15, 0.2) is 0 Å². The Bertz CT molecular complexity index is 250. The van der Waals surface area contributed by atoms with Crippen molar-refractivity contribution < 1.29 is 4.79 Å². The molecule has 0 aliphatic heterocycles. The summed E-state index contributed by atoms with van der Waals surface area (Å²) in [6.07, 6.45) is 3.14. The molecule has 0 fully saturated rings. The van der Waals surface area contributed by atoms with Gasteiger partial charge in [0, 0.05) is 24.8 Å². The van der Waals surface area contributed by atoms with Crippen molar-refractivity contribution >= 4 is 17.5 Å². The monoisotopic (exact) mass is 184 g/mol. The van der Waals surface area contributed by atoms with Gasteiger partial charge in [-0.2, -0.15) is 0 Å². The van der Waals surface area contributed by atoms with E-state index in [1.165, 1.54) is 6.20 Å². The number of aromatic nitrogens is 1. The second kappa shape index (κ2) is 4.72. The summed E-state index contributed by atoms with van der Waals surface area (Å²) in [6, 6.07) is 3.42. The van der Waals surface area contributed by atoms with Gasteiger partial charge in [0.1, 0.15) is 0 Å². The lowest BCUT2D eigenvalue weighted by molar-refractivity contribution is 0.0955. The van der Waals surface area contributed by atoms with Gasteiger partial charge in [-0.3, -0.25) is 9.78 Å². The van der Waals surface area contributed by atoms with Gasteiger partial charge in [-0.15, -0.1) is 11.6 Å². The number of hydrogen-bond donors (Lipinski definition) is 1. The zero-order valence-corrected chi connectivity index (χ0v) is 7.21. The topological polar surface area (TPSA) is 42.0 Å². The van der Waals surface area contributed by atoms with Crippen LogP contribution in [0.1, 0.15) is 10.4 Å². The number of halogens is 1. The molecular formula is C8H9ClN2O. The van der Waals surface area contributed by atoms with Gasteiger partial charge in [0.2, 0.25) is 0 Å². The van der Waals surface area contributed by atoms with Crippen molar-refractivity contribution in [2.75, 3.05) is 12.4 Å². The average Bonchev–Trinajstić information content (AvgIpc) is 2.15. The summed E-state index contributed by atoms with van der Waals surface area (Å²) >= 11 is 5.40. The van der Waals surface area contributed by atoms with E-state index in [-0.39, 0.29) is 5.91 Å². The molecule has 0 atom stereocenters. The van der Waals surface area contributed by atoms with Crippen LogP contribution in [0, 0.1) is 0 Å². The molecule has 4 heteroatoms. The molecule has 1 heterocycles. The van der Waals surface area contributed by atoms with Crippen molar-refractivity contribution in [3.63, 3.8) is 0 Å². The Morgan fingerprint density at radius 3 is 3.08 bits per heavy atom. The fourth-order valence-corrected chi connectivity index (χ4v) is 0.854. The lowest BCUT2D eigenvalue weighted by Gasteiger charge is -2.00. The van der Waals surface area contributed by atoms with Gasteiger partial charge in [0.25, 0.3) is 5.91 Å². The molecule has 1 aromatic heterocycles. The molecule has 0 spiro atoms. The summed E-state index contributed by atoms with van der Waals surface area (Å²) in [5.41, 5.74) is 0.558. The van der Waals surface area contributed by atoms with Crippen LogP contribution in [0.15, 0.2) is 24.5 Å². The Morgan fingerprint density at radius 2 is 2.50 bits per heavy atom. The van der Waals surface area contributed by atoms with E-state index < -0.39 is 0 Å². The van der Waals surface area contributed by atoms with Crippen molar-refractivity contribution in [1.29, 1.82) is 0 Å². The highest BCUT2D eigenvalue weighted by Crippen LogP contribution is 1.94. The van der Waals surface area contributed by atoms with Crippen molar-refractivity contribution in [3.05, 3.63) is 30.1 Å². The molecule has 1 rings (SSSR count). The van der Waals surface area contributed by atoms with Crippen LogP contribution in [0.5, 0.6) is 0 Å². The summed E-state index contributed by atoms with van der Waals surface area (Å²) < 4.78 is 0. The molecule has 0 saturated heterocycles. The maximum atomic E-state index is 11.2. The van der Waals surface area contributed by atoms with Crippen molar-refractivity contribution in [1.82, 2.24) is 10.3 Å². The molecule has 0 aromatic carbocycles. The summed E-state index contributed by atoms with van der Waals surface area (Å²) in [7, 11) is 0. The number of alkyl halides is 1. The molecule has 0 radical (unpaired) electrons. The summed E-state index contributed by atoms with van der Waals surface area (Å²) in [6.45, 7) is 0.481. The van der Waals surface area contributed by atoms with Gasteiger partial charge >= 0.3 is 0 Å². The Hall–Kier alpha value is -1.09. The van der Waals surface area contributed by atoms with E-state index in [0.717, 1.165) is 0 Å². The summed E-state index contributed by atoms with van der Waals surface area (Å²) in [5, 5.41) is 2.64. The predicted octanol–water partition coefficient (Wildman–Crippen LogP) is 1.05. The average molecular weight is 185 g/mol. The fraction of sp³-hybridized carbons (Fsp3) is 0.250. The molecule has 1 N–H and O–H groups in total. The lowest BCUT2D eigenvalue weighted by Crippen LogP contribution is -2.25. The minimum absolute atomic E-state index is 0.135. The van der Waals surface area contributed by atoms with Gasteiger partial charge in [0.05, 0.1) is 5.56 Å². The second-order valence-corrected chi connectivity index (χ2v) is 2.56. The van der Waals surface area contributed by atoms with E-state index in [2.05, 4.69) is 10.3 Å². The third-order valence-corrected chi connectivity index (χ3v) is 1.49. The van der Waals surface area contributed by atoms with Crippen LogP contribution in [0.2, 0.25) is 0 Å². The first-order chi connectivity index (χ1) is 5.84. The highest BCUT2D eigenvalue weighted by atomic mass is 35.5. The Morgan fingerprint density at radius 1 is 1.67 bits per heavy atom. The molecule has 1 amide bonds. The molecule has 1 aromatic rings. The molecule has 0 aliphatic carbocycles. The quantitative estimate of drug-likeness (QED) is 0.714. The molecule has 64 valence electrons. The largest absolute Gasteiger partial charge is 0.351 e. The first kappa shape index (κ1) is 9.00. The van der Waals surface area contributed by atoms with Crippen LogP contribution in [0.4, 0.5) is 0 Å². The second-order valence-electron chi connectivity index (χ2n) is 2.19. The smallest absolute Gasteiger partial charge is 0.252 e. The van der Waals surface area contributed by atoms with Crippen molar-refractivity contribution in [2.24, 2.45) is 0 Å². The van der Waals surface area contributed by atoms with Crippen LogP contribution < -0.4 is 5.32 Å². The first-order valence-electron chi connectivity index (χ1n) is 3.59. The van der Waals surface area contributed by atoms with E-state index in [4.69, 9.17) is 11.6 Å². The summed E-state index contributed by atoms with van der Waals surface area (Å²) in [5.74, 6) is 0.287. The molecule has 0 saturated carbocycles. The van der Waals surface area contributed by atoms with E-state index >= 15 is 0 Å². The summed E-state index contributed by atoms with van der Waals surface area (Å²) in [4.78, 5) is 15.0. The van der Waals surface area contributed by atoms with Crippen LogP contribution in [-0.2, 0) is 0 Å². The molecule has 0 aliphatic rings. The van der Waals surface area contributed by atoms with Gasteiger partial charge in [-0.25, -0.2) is 0 Å². The Labute approximate surface area is 75.8 Å². The number of rotatable bonds is 3. The number of pyridine rings is 1. The van der Waals surface area contributed by atoms with Crippen molar-refractivity contribution in [2.45, 2.75) is 0 Å². The van der Waals surface area contributed by atoms with Crippen LogP contribution >= 0.6 is 11.6 Å². The van der Waals surface area contributed by atoms with Crippen LogP contribution in [0.3, 0.4) is 0 Å². The zero-order chi connectivity index (χ0) is 8.81. The first-order valence-corrected chi connectivity index (χ1v) is 4.12. The number of carbonyl (C=O) groups excluding carboxylic acids is 1. The lowest BCUT2D eigenvalue weighted by atomic mass is 10.3. The van der Waals surface area contributed by atoms with Crippen molar-refractivity contribution in [3.8, 4) is 0 Å². The highest BCUT2D eigenvalue weighted by Gasteiger charge is 2.01. The van der Waals surface area contributed by atoms with Crippen LogP contribution in [0.25, 0.3) is 0 Å². The normalized spacial score (nSPS) is 9.42. The third-order valence-electron chi connectivity index (χ3n) is 1.30. The predicted molar refractivity (Wildman–Crippen MR) is 47.3 cm³/mol. The maximum absolute atomic E-state index is 11.2. The number of nitrogens with zero attached hydrogens (tertiary/aromatic N) is 1. The molecule has 3 nitrogen and oxygen atoms in total. The number of amides is 1. The third kappa shape index (κ3) is 2.51. The van der Waals surface area contributed by atoms with Gasteiger partial charge in [-0.1, -0.05) is 0 Å². The highest BCUT2D eigenvalue weighted by molar-refractivity contribution is 6.18. The standard InChI is InChI=1S/C8H9ClN2O/c9-3-5-11-8(12)7-2-1-4-10-6-7/h1-2,4,6H,3,5H2,(H,11,12). The van der Waals surface area contributed by atoms with E-state index in [1.807, 2.05) is 0 Å². The number of carbonyl (C=O) groups is 1. The fourth-order valence-electron chi connectivity index (χ4n) is 0.760. The van der Waals surface area contributed by atoms with Gasteiger partial charge < -0.3 is 5.32 Å². The number of hydrogen-bond acceptors (Lipinski definition) is 2. The van der Waals surface area contributed by atoms with Crippen LogP contribution in [-0.4, -0.2) is 23.3 Å². The minimum Gasteiger partial charge on any atom is -0.351 e. The van der Waals surface area contributed by atoms with E-state index in [1.54, 1.807) is 18.3 Å². The maximum Gasteiger partial charge on any atom is 0.252 e. The molecule has 0 bridgehead atoms. The number of nitrogens with one attached hydrogen (secondary N) is 1. The SMILES string of the molecule is O=C(NCCCl)c1cccnc1. The van der Waals surface area contributed by atoms with Gasteiger partial charge in [-0.05, 0) is 12.1 Å².